The summed E-state index contributed by atoms with van der Waals surface area (Å²) in [5, 5.41) is 11.0. The molecule has 190 valence electrons. The molecular formula is C28H23F4N2O3+. The van der Waals surface area contributed by atoms with Gasteiger partial charge in [0.25, 0.3) is 0 Å². The fraction of sp³-hybridized carbons (Fsp3) is 0.286. The van der Waals surface area contributed by atoms with Crippen molar-refractivity contribution in [2.45, 2.75) is 20.0 Å². The van der Waals surface area contributed by atoms with Crippen LogP contribution in [-0.2, 0) is 0 Å². The number of carbonyl (C=O) groups is 1. The molecule has 0 saturated carbocycles. The van der Waals surface area contributed by atoms with E-state index in [1.165, 1.54) is 0 Å². The summed E-state index contributed by atoms with van der Waals surface area (Å²) >= 11 is 0. The summed E-state index contributed by atoms with van der Waals surface area (Å²) in [5.41, 5.74) is -0.815. The van der Waals surface area contributed by atoms with Crippen LogP contribution in [0.4, 0.5) is 23.2 Å². The molecule has 0 unspecified atom stereocenters. The minimum Gasteiger partial charge on any atom is -0.478 e. The normalized spacial score (nSPS) is 17.8. The van der Waals surface area contributed by atoms with Crippen molar-refractivity contribution in [2.24, 2.45) is 5.92 Å². The Balaban J connectivity index is 1.71. The van der Waals surface area contributed by atoms with Gasteiger partial charge in [-0.2, -0.15) is 0 Å². The standard InChI is InChI=1S/C28H22F4N2O3/c1-13-9-33(10-13)16-3-5-18-20(7-16)37-21-8-17(34-11-15(29)12-34)4-6-19(21)22(18)23-24(28(35)36)27(32)26(31)14(2)25(23)30/h3-8,13,15H,9-12H2,1-2H3/p+1. The minimum absolute atomic E-state index is 0.0928. The molecule has 0 atom stereocenters. The molecule has 2 saturated heterocycles. The molecule has 3 heterocycles. The Morgan fingerprint density at radius 2 is 1.76 bits per heavy atom. The van der Waals surface area contributed by atoms with E-state index in [1.54, 1.807) is 30.3 Å². The number of carboxylic acid groups (broad SMARTS) is 1. The smallest absolute Gasteiger partial charge is 0.339 e. The molecule has 0 spiro atoms. The van der Waals surface area contributed by atoms with Gasteiger partial charge in [-0.15, -0.1) is 0 Å². The lowest BCUT2D eigenvalue weighted by atomic mass is 9.88. The highest BCUT2D eigenvalue weighted by molar-refractivity contribution is 6.08. The predicted molar refractivity (Wildman–Crippen MR) is 131 cm³/mol. The fourth-order valence-electron chi connectivity index (χ4n) is 5.29. The largest absolute Gasteiger partial charge is 0.478 e. The summed E-state index contributed by atoms with van der Waals surface area (Å²) in [5.74, 6) is -5.23. The third-order valence-electron chi connectivity index (χ3n) is 7.32. The SMILES string of the molecule is Cc1c(F)c(F)c(C(=O)O)c(-c2c3ccc(=[N+]4CC(C)C4)cc-3oc3cc(N4CC(F)C4)ccc23)c1F. The Morgan fingerprint density at radius 1 is 1.03 bits per heavy atom. The summed E-state index contributed by atoms with van der Waals surface area (Å²) in [6.07, 6.45) is -0.932. The van der Waals surface area contributed by atoms with Gasteiger partial charge in [0.2, 0.25) is 5.36 Å². The van der Waals surface area contributed by atoms with Gasteiger partial charge in [0, 0.05) is 45.5 Å². The molecule has 4 aliphatic rings. The lowest BCUT2D eigenvalue weighted by molar-refractivity contribution is 0.0691. The number of hydrogen-bond donors (Lipinski definition) is 1. The topological polar surface area (TPSA) is 56.7 Å². The lowest BCUT2D eigenvalue weighted by Crippen LogP contribution is -2.48. The van der Waals surface area contributed by atoms with Gasteiger partial charge in [-0.25, -0.2) is 26.9 Å². The lowest BCUT2D eigenvalue weighted by Gasteiger charge is -2.36. The molecular weight excluding hydrogens is 488 g/mol. The van der Waals surface area contributed by atoms with Crippen LogP contribution in [-0.4, -0.2) is 43.4 Å². The van der Waals surface area contributed by atoms with Crippen molar-refractivity contribution in [1.29, 1.82) is 0 Å². The highest BCUT2D eigenvalue weighted by Gasteiger charge is 2.33. The van der Waals surface area contributed by atoms with Crippen molar-refractivity contribution in [3.05, 3.63) is 70.3 Å². The number of fused-ring (bicyclic) bond motifs is 2. The van der Waals surface area contributed by atoms with Gasteiger partial charge in [0.1, 0.15) is 28.9 Å². The highest BCUT2D eigenvalue weighted by Crippen LogP contribution is 2.45. The van der Waals surface area contributed by atoms with E-state index >= 15 is 4.39 Å². The van der Waals surface area contributed by atoms with Crippen molar-refractivity contribution in [3.8, 4) is 22.5 Å². The number of hydrogen-bond acceptors (Lipinski definition) is 3. The van der Waals surface area contributed by atoms with Gasteiger partial charge in [-0.1, -0.05) is 6.92 Å². The maximum Gasteiger partial charge on any atom is 0.339 e. The number of nitrogens with zero attached hydrogens (tertiary/aromatic N) is 2. The van der Waals surface area contributed by atoms with Gasteiger partial charge >= 0.3 is 5.97 Å². The molecule has 2 aromatic carbocycles. The van der Waals surface area contributed by atoms with Crippen LogP contribution in [0.3, 0.4) is 0 Å². The van der Waals surface area contributed by atoms with E-state index < -0.39 is 46.3 Å². The van der Waals surface area contributed by atoms with E-state index in [0.29, 0.717) is 28.3 Å². The van der Waals surface area contributed by atoms with Crippen molar-refractivity contribution in [1.82, 2.24) is 4.58 Å². The summed E-state index contributed by atoms with van der Waals surface area (Å²) in [7, 11) is 0. The average molecular weight is 511 g/mol. The number of benzene rings is 3. The highest BCUT2D eigenvalue weighted by atomic mass is 19.2. The first kappa shape index (κ1) is 23.5. The van der Waals surface area contributed by atoms with E-state index in [1.807, 2.05) is 11.0 Å². The summed E-state index contributed by atoms with van der Waals surface area (Å²) in [6.45, 7) is 5.37. The van der Waals surface area contributed by atoms with E-state index in [9.17, 15) is 23.1 Å². The van der Waals surface area contributed by atoms with Crippen molar-refractivity contribution >= 4 is 22.6 Å². The molecule has 0 amide bonds. The first-order chi connectivity index (χ1) is 17.6. The molecule has 2 fully saturated rings. The summed E-state index contributed by atoms with van der Waals surface area (Å²) < 4.78 is 66.9. The van der Waals surface area contributed by atoms with Gasteiger partial charge in [0.05, 0.1) is 25.1 Å². The number of aromatic carboxylic acids is 1. The Hall–Kier alpha value is -3.88. The first-order valence-electron chi connectivity index (χ1n) is 12.0. The molecule has 0 radical (unpaired) electrons. The average Bonchev–Trinajstić information content (AvgIpc) is 2.83. The Kier molecular flexibility index (Phi) is 5.29. The zero-order valence-electron chi connectivity index (χ0n) is 20.1. The molecule has 3 aliphatic heterocycles. The van der Waals surface area contributed by atoms with Crippen molar-refractivity contribution in [3.63, 3.8) is 0 Å². The zero-order valence-corrected chi connectivity index (χ0v) is 20.1. The van der Waals surface area contributed by atoms with Gasteiger partial charge in [-0.3, -0.25) is 0 Å². The number of rotatable bonds is 3. The van der Waals surface area contributed by atoms with Crippen LogP contribution in [0.15, 0.2) is 40.8 Å². The van der Waals surface area contributed by atoms with Gasteiger partial charge < -0.3 is 14.4 Å². The number of anilines is 1. The second-order valence-electron chi connectivity index (χ2n) is 9.97. The van der Waals surface area contributed by atoms with Crippen LogP contribution in [0.2, 0.25) is 0 Å². The molecule has 0 bridgehead atoms. The van der Waals surface area contributed by atoms with Gasteiger partial charge in [-0.05, 0) is 25.1 Å². The number of halogens is 4. The summed E-state index contributed by atoms with van der Waals surface area (Å²) in [4.78, 5) is 13.9. The van der Waals surface area contributed by atoms with E-state index in [-0.39, 0.29) is 24.2 Å². The number of alkyl halides is 1. The van der Waals surface area contributed by atoms with Crippen molar-refractivity contribution < 1.29 is 31.9 Å². The predicted octanol–water partition coefficient (Wildman–Crippen LogP) is 5.21. The molecule has 2 aromatic rings. The van der Waals surface area contributed by atoms with Crippen LogP contribution in [0.1, 0.15) is 22.8 Å². The second-order valence-corrected chi connectivity index (χ2v) is 9.97. The monoisotopic (exact) mass is 511 g/mol. The van der Waals surface area contributed by atoms with Crippen molar-refractivity contribution in [2.75, 3.05) is 31.1 Å². The minimum atomic E-state index is -1.79. The van der Waals surface area contributed by atoms with Crippen LogP contribution in [0.5, 0.6) is 0 Å². The number of carboxylic acids is 1. The summed E-state index contributed by atoms with van der Waals surface area (Å²) in [6, 6.07) is 10.3. The molecule has 5 nitrogen and oxygen atoms in total. The molecule has 9 heteroatoms. The maximum atomic E-state index is 15.7. The fourth-order valence-corrected chi connectivity index (χ4v) is 5.29. The quantitative estimate of drug-likeness (QED) is 0.178. The second kappa shape index (κ2) is 8.33. The molecule has 6 rings (SSSR count). The van der Waals surface area contributed by atoms with E-state index in [4.69, 9.17) is 4.42 Å². The van der Waals surface area contributed by atoms with Crippen LogP contribution in [0.25, 0.3) is 33.4 Å². The van der Waals surface area contributed by atoms with Crippen LogP contribution in [0, 0.1) is 30.3 Å². The van der Waals surface area contributed by atoms with E-state index in [0.717, 1.165) is 25.4 Å². The van der Waals surface area contributed by atoms with E-state index in [2.05, 4.69) is 11.5 Å². The van der Waals surface area contributed by atoms with Gasteiger partial charge in [0.15, 0.2) is 24.7 Å². The third-order valence-corrected chi connectivity index (χ3v) is 7.32. The third kappa shape index (κ3) is 3.59. The molecule has 0 aromatic heterocycles. The zero-order chi connectivity index (χ0) is 26.2. The van der Waals surface area contributed by atoms with Crippen LogP contribution < -0.4 is 14.8 Å². The first-order valence-corrected chi connectivity index (χ1v) is 12.0. The Morgan fingerprint density at radius 3 is 2.41 bits per heavy atom. The molecule has 1 aliphatic carbocycles. The Labute approximate surface area is 209 Å². The van der Waals surface area contributed by atoms with Crippen LogP contribution >= 0.6 is 0 Å². The molecule has 37 heavy (non-hydrogen) atoms. The molecule has 1 N–H and O–H groups in total. The Bertz CT molecular complexity index is 1650. The maximum absolute atomic E-state index is 15.7.